The number of nitrogens with zero attached hydrogens (tertiary/aromatic N) is 11. The lowest BCUT2D eigenvalue weighted by molar-refractivity contribution is 0.0600. The van der Waals surface area contributed by atoms with Crippen LogP contribution in [0.1, 0.15) is 102 Å². The number of likely N-dealkylation sites (tertiary alicyclic amines) is 2. The second-order valence-electron chi connectivity index (χ2n) is 21.9. The number of nitrogens with one attached hydrogen (secondary N) is 2. The predicted molar refractivity (Wildman–Crippen MR) is 319 cm³/mol. The summed E-state index contributed by atoms with van der Waals surface area (Å²) in [5, 5.41) is 28.8. The molecule has 4 aromatic heterocycles. The van der Waals surface area contributed by atoms with Gasteiger partial charge in [-0.3, -0.25) is 19.0 Å². The van der Waals surface area contributed by atoms with Crippen molar-refractivity contribution in [1.82, 2.24) is 39.0 Å². The zero-order valence-corrected chi connectivity index (χ0v) is 50.3. The zero-order chi connectivity index (χ0) is 58.6. The van der Waals surface area contributed by atoms with E-state index in [2.05, 4.69) is 29.1 Å². The predicted octanol–water partition coefficient (Wildman–Crippen LogP) is 6.78. The van der Waals surface area contributed by atoms with Crippen molar-refractivity contribution in [3.05, 3.63) is 98.4 Å². The van der Waals surface area contributed by atoms with E-state index < -0.39 is 20.0 Å². The first kappa shape index (κ1) is 60.4. The van der Waals surface area contributed by atoms with E-state index in [1.807, 2.05) is 22.7 Å². The van der Waals surface area contributed by atoms with Crippen LogP contribution in [0.15, 0.2) is 60.7 Å². The number of hydrogen-bond acceptors (Lipinski definition) is 17. The van der Waals surface area contributed by atoms with Gasteiger partial charge in [-0.2, -0.15) is 19.2 Å². The Bertz CT molecular complexity index is 3530. The quantitative estimate of drug-likeness (QED) is 0.0869. The molecule has 83 heavy (non-hydrogen) atoms. The van der Waals surface area contributed by atoms with Crippen LogP contribution >= 0.6 is 34.8 Å². The van der Waals surface area contributed by atoms with E-state index in [1.54, 1.807) is 32.5 Å². The molecule has 5 aliphatic heterocycles. The molecule has 6 aliphatic rings. The number of morpholine rings is 2. The number of amides is 2. The topological polar surface area (TPSA) is 262 Å². The number of piperidine rings is 2. The van der Waals surface area contributed by atoms with Crippen LogP contribution in [0.3, 0.4) is 0 Å². The minimum absolute atomic E-state index is 0.158. The van der Waals surface area contributed by atoms with Crippen LogP contribution in [0.25, 0.3) is 11.3 Å². The fourth-order valence-electron chi connectivity index (χ4n) is 11.2. The minimum Gasteiger partial charge on any atom is -0.396 e. The van der Waals surface area contributed by atoms with Crippen LogP contribution in [0.5, 0.6) is 0 Å². The molecule has 6 fully saturated rings. The smallest absolute Gasteiger partial charge is 0.256 e. The molecular weight excluding hydrogens is 1170 g/mol. The van der Waals surface area contributed by atoms with Crippen molar-refractivity contribution in [3.63, 3.8) is 0 Å². The molecule has 0 spiro atoms. The van der Waals surface area contributed by atoms with Gasteiger partial charge in [-0.05, 0) is 93.7 Å². The van der Waals surface area contributed by atoms with Crippen molar-refractivity contribution in [2.45, 2.75) is 69.9 Å². The molecule has 448 valence electrons. The van der Waals surface area contributed by atoms with Crippen molar-refractivity contribution >= 4 is 107 Å². The largest absolute Gasteiger partial charge is 0.396 e. The van der Waals surface area contributed by atoms with E-state index in [-0.39, 0.29) is 58.9 Å². The number of rotatable bonds is 13. The third kappa shape index (κ3) is 14.5. The van der Waals surface area contributed by atoms with E-state index in [9.17, 15) is 31.5 Å². The molecule has 2 amide bonds. The summed E-state index contributed by atoms with van der Waals surface area (Å²) in [7, 11) is -7.20. The number of anilines is 5. The molecule has 23 nitrogen and oxygen atoms in total. The van der Waals surface area contributed by atoms with Crippen molar-refractivity contribution in [2.24, 2.45) is 11.8 Å². The number of carbonyl (C=O) groups excluding carboxylic acids is 2. The van der Waals surface area contributed by atoms with Crippen molar-refractivity contribution in [2.75, 3.05) is 129 Å². The van der Waals surface area contributed by atoms with Crippen LogP contribution < -0.4 is 24.1 Å². The zero-order valence-electron chi connectivity index (χ0n) is 46.4. The van der Waals surface area contributed by atoms with E-state index in [0.717, 1.165) is 93.9 Å². The van der Waals surface area contributed by atoms with Gasteiger partial charge < -0.3 is 44.2 Å². The van der Waals surface area contributed by atoms with Gasteiger partial charge in [-0.15, -0.1) is 0 Å². The summed E-state index contributed by atoms with van der Waals surface area (Å²) in [4.78, 5) is 47.1. The number of fused-ring (bicyclic) bond motifs is 2. The van der Waals surface area contributed by atoms with Gasteiger partial charge in [0, 0.05) is 106 Å². The van der Waals surface area contributed by atoms with Crippen molar-refractivity contribution in [3.8, 4) is 0 Å². The minimum atomic E-state index is -3.61. The number of sulfonamides is 2. The van der Waals surface area contributed by atoms with Crippen molar-refractivity contribution < 1.29 is 46.1 Å². The first-order valence-corrected chi connectivity index (χ1v) is 33.0. The third-order valence-electron chi connectivity index (χ3n) is 15.7. The van der Waals surface area contributed by atoms with Crippen LogP contribution in [0.4, 0.5) is 28.8 Å². The summed E-state index contributed by atoms with van der Waals surface area (Å²) in [6.07, 6.45) is 10.9. The normalized spacial score (nSPS) is 20.0. The highest BCUT2D eigenvalue weighted by Crippen LogP contribution is 2.38. The highest BCUT2D eigenvalue weighted by Gasteiger charge is 2.36. The fraction of sp³-hybridized carbons (Fsp3) is 0.527. The molecule has 0 unspecified atom stereocenters. The maximum Gasteiger partial charge on any atom is 0.256 e. The van der Waals surface area contributed by atoms with E-state index >= 15 is 0 Å². The second kappa shape index (κ2) is 26.2. The molecule has 1 aliphatic carbocycles. The van der Waals surface area contributed by atoms with E-state index in [4.69, 9.17) is 64.6 Å². The summed E-state index contributed by atoms with van der Waals surface area (Å²) in [6.45, 7) is 8.44. The molecule has 0 radical (unpaired) electrons. The summed E-state index contributed by atoms with van der Waals surface area (Å²) in [6, 6.07) is 16.1. The second-order valence-corrected chi connectivity index (χ2v) is 26.6. The van der Waals surface area contributed by atoms with Crippen LogP contribution in [-0.2, 0) is 29.5 Å². The van der Waals surface area contributed by atoms with Gasteiger partial charge in [0.1, 0.15) is 22.6 Å². The van der Waals surface area contributed by atoms with Crippen LogP contribution in [-0.4, -0.2) is 182 Å². The average molecular weight is 1240 g/mol. The number of halogens is 3. The molecule has 2 atom stereocenters. The number of aliphatic hydroxyl groups excluding tert-OH is 2. The Morgan fingerprint density at radius 2 is 1.02 bits per heavy atom. The Morgan fingerprint density at radius 3 is 1.45 bits per heavy atom. The van der Waals surface area contributed by atoms with Gasteiger partial charge >= 0.3 is 0 Å². The molecule has 12 rings (SSSR count). The van der Waals surface area contributed by atoms with E-state index in [1.165, 1.54) is 43.5 Å². The first-order chi connectivity index (χ1) is 39.8. The summed E-state index contributed by atoms with van der Waals surface area (Å²) in [5.74, 6) is 2.86. The molecule has 9 heterocycles. The maximum absolute atomic E-state index is 14.0. The molecule has 5 saturated heterocycles. The Labute approximate surface area is 497 Å². The fourth-order valence-corrected chi connectivity index (χ4v) is 12.9. The lowest BCUT2D eigenvalue weighted by Crippen LogP contribution is -2.49. The van der Waals surface area contributed by atoms with Gasteiger partial charge in [0.05, 0.1) is 84.9 Å². The van der Waals surface area contributed by atoms with Gasteiger partial charge in [0.25, 0.3) is 11.8 Å². The molecular formula is C55H70Cl3N13O10S2. The van der Waals surface area contributed by atoms with Gasteiger partial charge in [-0.25, -0.2) is 26.8 Å². The molecule has 0 bridgehead atoms. The molecule has 6 aromatic rings. The maximum atomic E-state index is 14.0. The number of aromatic nitrogens is 6. The standard InChI is InChI=1S/C27H34ClN7O5S.C23H26Cl2N6O4S.C5H10O/c1-41(38,39)31-21-6-5-19(28)12-20(21)27(37)34-7-3-2-4-23(34)22-13-25-29-24(33-15-18(16-33)17-36)14-26(35(25)30-22)32-8-10-40-11-9-32;1-36(33,34)28-17-6-5-15(24)12-16(17)23(32)30-7-3-2-4-19(30)18-13-21-26-20(25)14-22(31(21)27-18)29-8-10-35-11-9-29;6-4-5-2-1-3-5/h5-6,12-14,18,23,31,36H,2-4,7-11,15-17H2,1H3;5-6,12-14,19,28H,2-4,7-11H2,1H3;5-6H,1-4H2/t23-;19-;/m00./s1. The highest BCUT2D eigenvalue weighted by atomic mass is 35.5. The van der Waals surface area contributed by atoms with E-state index in [0.29, 0.717) is 104 Å². The molecule has 4 N–H and O–H groups in total. The third-order valence-corrected chi connectivity index (χ3v) is 17.6. The SMILES string of the molecule is CS(=O)(=O)Nc1ccc(Cl)cc1C(=O)N1CCCC[C@H]1c1cc2nc(Cl)cc(N3CCOCC3)n2n1.CS(=O)(=O)Nc1ccc(Cl)cc1C(=O)N1CCCC[C@H]1c1cc2nc(N3CC(CO)C3)cc(N3CCOCC3)n2n1.OCC1CCC1. The molecule has 28 heteroatoms. The number of carbonyl (C=O) groups is 2. The van der Waals surface area contributed by atoms with Gasteiger partial charge in [-0.1, -0.05) is 41.2 Å². The summed E-state index contributed by atoms with van der Waals surface area (Å²) in [5.41, 5.74) is 3.49. The molecule has 2 aromatic carbocycles. The highest BCUT2D eigenvalue weighted by molar-refractivity contribution is 7.92. The lowest BCUT2D eigenvalue weighted by Gasteiger charge is -2.39. The average Bonchev–Trinajstić information content (AvgIpc) is 4.27. The first-order valence-electron chi connectivity index (χ1n) is 28.1. The summed E-state index contributed by atoms with van der Waals surface area (Å²) >= 11 is 18.8. The lowest BCUT2D eigenvalue weighted by atomic mass is 9.86. The van der Waals surface area contributed by atoms with Crippen molar-refractivity contribution in [1.29, 1.82) is 0 Å². The van der Waals surface area contributed by atoms with Gasteiger partial charge in [0.2, 0.25) is 20.0 Å². The van der Waals surface area contributed by atoms with Crippen LogP contribution in [0.2, 0.25) is 15.2 Å². The van der Waals surface area contributed by atoms with Gasteiger partial charge in [0.15, 0.2) is 11.3 Å². The Balaban J connectivity index is 0.000000169. The number of hydrogen-bond donors (Lipinski definition) is 4. The van der Waals surface area contributed by atoms with Crippen LogP contribution in [0, 0.1) is 11.8 Å². The number of benzene rings is 2. The number of ether oxygens (including phenoxy) is 2. The monoisotopic (exact) mass is 1240 g/mol. The number of aliphatic hydroxyl groups is 2. The summed E-state index contributed by atoms with van der Waals surface area (Å²) < 4.78 is 67.4. The Kier molecular flexibility index (Phi) is 19.1. The molecule has 1 saturated carbocycles. The Hall–Kier alpha value is -5.77. The Morgan fingerprint density at radius 1 is 0.566 bits per heavy atom.